The molecule has 2 aromatic heterocycles. The van der Waals surface area contributed by atoms with Gasteiger partial charge in [-0.15, -0.1) is 15.3 Å². The molecule has 4 N–H and O–H groups in total. The first-order chi connectivity index (χ1) is 19.8. The zero-order valence-electron chi connectivity index (χ0n) is 23.2. The van der Waals surface area contributed by atoms with Crippen molar-refractivity contribution >= 4 is 34.1 Å². The van der Waals surface area contributed by atoms with Crippen LogP contribution >= 0.6 is 11.3 Å². The number of aromatic nitrogens is 4. The van der Waals surface area contributed by atoms with Crippen LogP contribution in [0.2, 0.25) is 0 Å². The van der Waals surface area contributed by atoms with Crippen molar-refractivity contribution in [1.82, 2.24) is 25.7 Å². The van der Waals surface area contributed by atoms with Crippen LogP contribution in [0.25, 0.3) is 0 Å². The minimum absolute atomic E-state index is 0.0842. The van der Waals surface area contributed by atoms with E-state index in [1.807, 2.05) is 73.7 Å². The van der Waals surface area contributed by atoms with Crippen LogP contribution in [0.4, 0.5) is 10.9 Å². The van der Waals surface area contributed by atoms with Gasteiger partial charge in [0.1, 0.15) is 11.2 Å². The summed E-state index contributed by atoms with van der Waals surface area (Å²) >= 11 is 1.40. The number of hydrogen-bond acceptors (Lipinski definition) is 9. The summed E-state index contributed by atoms with van der Waals surface area (Å²) < 4.78 is 0. The standard InChI is InChI=1S/C30H35N7O3S/c1-20(31-21(2)38)24-12-8-11-23(17-24)19-27(39)32-26-16-15-25(34-35-26)13-6-7-14-29-36-37-30(41-29)33-28(40)18-22-9-4-3-5-10-22/h3-5,8-12,15-17,20,27,39H,6-7,13-14,18-19H2,1-2H3,(H,31,38)(H,32,35)(H,33,37,40). The molecule has 0 aliphatic carbocycles. The Morgan fingerprint density at radius 2 is 1.68 bits per heavy atom. The third-order valence-electron chi connectivity index (χ3n) is 6.33. The van der Waals surface area contributed by atoms with Gasteiger partial charge >= 0.3 is 0 Å². The van der Waals surface area contributed by atoms with Crippen molar-refractivity contribution < 1.29 is 14.7 Å². The lowest BCUT2D eigenvalue weighted by Crippen LogP contribution is -2.24. The Labute approximate surface area is 243 Å². The molecule has 2 aromatic carbocycles. The van der Waals surface area contributed by atoms with E-state index in [0.717, 1.165) is 53.1 Å². The van der Waals surface area contributed by atoms with E-state index in [2.05, 4.69) is 36.3 Å². The zero-order valence-corrected chi connectivity index (χ0v) is 24.0. The van der Waals surface area contributed by atoms with Gasteiger partial charge in [-0.05, 0) is 55.0 Å². The highest BCUT2D eigenvalue weighted by Gasteiger charge is 2.12. The molecule has 2 atom stereocenters. The van der Waals surface area contributed by atoms with Gasteiger partial charge in [0.15, 0.2) is 5.82 Å². The molecule has 11 heteroatoms. The molecule has 0 aliphatic rings. The second kappa shape index (κ2) is 15.0. The van der Waals surface area contributed by atoms with Gasteiger partial charge in [0, 0.05) is 19.8 Å². The Kier molecular flexibility index (Phi) is 10.9. The fourth-order valence-corrected chi connectivity index (χ4v) is 5.12. The maximum absolute atomic E-state index is 12.2. The smallest absolute Gasteiger partial charge is 0.230 e. The molecule has 0 bridgehead atoms. The summed E-state index contributed by atoms with van der Waals surface area (Å²) in [7, 11) is 0. The van der Waals surface area contributed by atoms with Gasteiger partial charge < -0.3 is 21.1 Å². The minimum Gasteiger partial charge on any atom is -0.373 e. The normalized spacial score (nSPS) is 12.4. The van der Waals surface area contributed by atoms with E-state index >= 15 is 0 Å². The summed E-state index contributed by atoms with van der Waals surface area (Å²) in [5.74, 6) is 0.309. The Morgan fingerprint density at radius 1 is 0.902 bits per heavy atom. The number of aliphatic hydroxyl groups is 1. The van der Waals surface area contributed by atoms with Gasteiger partial charge in [-0.25, -0.2) is 0 Å². The average Bonchev–Trinajstić information content (AvgIpc) is 3.39. The number of unbranched alkanes of at least 4 members (excludes halogenated alkanes) is 1. The third kappa shape index (κ3) is 10.0. The number of anilines is 2. The number of benzene rings is 2. The molecule has 41 heavy (non-hydrogen) atoms. The summed E-state index contributed by atoms with van der Waals surface area (Å²) in [5, 5.41) is 37.4. The van der Waals surface area contributed by atoms with E-state index in [0.29, 0.717) is 23.8 Å². The lowest BCUT2D eigenvalue weighted by molar-refractivity contribution is -0.119. The molecular formula is C30H35N7O3S. The van der Waals surface area contributed by atoms with E-state index in [1.54, 1.807) is 0 Å². The van der Waals surface area contributed by atoms with Crippen LogP contribution < -0.4 is 16.0 Å². The van der Waals surface area contributed by atoms with E-state index in [1.165, 1.54) is 18.3 Å². The second-order valence-corrected chi connectivity index (χ2v) is 10.9. The number of hydrogen-bond donors (Lipinski definition) is 4. The lowest BCUT2D eigenvalue weighted by atomic mass is 10.0. The monoisotopic (exact) mass is 573 g/mol. The Hall–Kier alpha value is -4.22. The molecular weight excluding hydrogens is 538 g/mol. The highest BCUT2D eigenvalue weighted by molar-refractivity contribution is 7.15. The molecule has 0 spiro atoms. The van der Waals surface area contributed by atoms with Crippen molar-refractivity contribution in [1.29, 1.82) is 0 Å². The van der Waals surface area contributed by atoms with Gasteiger partial charge in [0.05, 0.1) is 18.2 Å². The fourth-order valence-electron chi connectivity index (χ4n) is 4.33. The maximum Gasteiger partial charge on any atom is 0.230 e. The molecule has 0 saturated carbocycles. The molecule has 2 unspecified atom stereocenters. The second-order valence-electron chi connectivity index (χ2n) is 9.86. The predicted octanol–water partition coefficient (Wildman–Crippen LogP) is 4.24. The Bertz CT molecular complexity index is 1410. The summed E-state index contributed by atoms with van der Waals surface area (Å²) in [4.78, 5) is 23.6. The minimum atomic E-state index is -0.832. The highest BCUT2D eigenvalue weighted by atomic mass is 32.1. The summed E-state index contributed by atoms with van der Waals surface area (Å²) in [5.41, 5.74) is 3.75. The maximum atomic E-state index is 12.2. The topological polar surface area (TPSA) is 142 Å². The van der Waals surface area contributed by atoms with E-state index in [4.69, 9.17) is 0 Å². The van der Waals surface area contributed by atoms with Crippen molar-refractivity contribution in [2.75, 3.05) is 10.6 Å². The average molecular weight is 574 g/mol. The summed E-state index contributed by atoms with van der Waals surface area (Å²) in [6, 6.07) is 21.0. The van der Waals surface area contributed by atoms with Crippen molar-refractivity contribution in [2.45, 2.75) is 64.6 Å². The van der Waals surface area contributed by atoms with Crippen molar-refractivity contribution in [2.24, 2.45) is 0 Å². The molecule has 0 radical (unpaired) electrons. The van der Waals surface area contributed by atoms with Crippen LogP contribution in [0.1, 0.15) is 60.1 Å². The van der Waals surface area contributed by atoms with Crippen LogP contribution in [0.5, 0.6) is 0 Å². The lowest BCUT2D eigenvalue weighted by Gasteiger charge is -2.16. The SMILES string of the molecule is CC(=O)NC(C)c1cccc(CC(O)Nc2ccc(CCCCc3nnc(NC(=O)Cc4ccccc4)s3)nn2)c1. The van der Waals surface area contributed by atoms with Gasteiger partial charge in [0.25, 0.3) is 0 Å². The molecule has 10 nitrogen and oxygen atoms in total. The molecule has 0 saturated heterocycles. The number of nitrogens with one attached hydrogen (secondary N) is 3. The van der Waals surface area contributed by atoms with E-state index in [9.17, 15) is 14.7 Å². The molecule has 214 valence electrons. The molecule has 4 aromatic rings. The Balaban J connectivity index is 1.16. The number of rotatable bonds is 14. The van der Waals surface area contributed by atoms with Crippen LogP contribution in [-0.2, 0) is 35.3 Å². The fraction of sp³-hybridized carbons (Fsp3) is 0.333. The number of carbonyl (C=O) groups excluding carboxylic acids is 2. The highest BCUT2D eigenvalue weighted by Crippen LogP contribution is 2.19. The van der Waals surface area contributed by atoms with Crippen molar-refractivity contribution in [3.63, 3.8) is 0 Å². The predicted molar refractivity (Wildman–Crippen MR) is 159 cm³/mol. The van der Waals surface area contributed by atoms with Gasteiger partial charge in [-0.1, -0.05) is 65.9 Å². The van der Waals surface area contributed by atoms with Gasteiger partial charge in [-0.3, -0.25) is 9.59 Å². The van der Waals surface area contributed by atoms with E-state index < -0.39 is 6.23 Å². The molecule has 2 amide bonds. The van der Waals surface area contributed by atoms with Crippen LogP contribution in [0, 0.1) is 0 Å². The molecule has 4 rings (SSSR count). The van der Waals surface area contributed by atoms with Crippen molar-refractivity contribution in [3.05, 3.63) is 94.1 Å². The quantitative estimate of drug-likeness (QED) is 0.130. The Morgan fingerprint density at radius 3 is 2.44 bits per heavy atom. The first-order valence-corrected chi connectivity index (χ1v) is 14.4. The van der Waals surface area contributed by atoms with Gasteiger partial charge in [0.2, 0.25) is 16.9 Å². The first-order valence-electron chi connectivity index (χ1n) is 13.6. The molecule has 0 aliphatic heterocycles. The summed E-state index contributed by atoms with van der Waals surface area (Å²) in [6.07, 6.45) is 3.22. The first kappa shape index (κ1) is 29.8. The number of carbonyl (C=O) groups is 2. The van der Waals surface area contributed by atoms with Crippen molar-refractivity contribution in [3.8, 4) is 0 Å². The summed E-state index contributed by atoms with van der Waals surface area (Å²) in [6.45, 7) is 3.42. The number of aryl methyl sites for hydroxylation is 2. The van der Waals surface area contributed by atoms with Crippen LogP contribution in [0.3, 0.4) is 0 Å². The number of nitrogens with zero attached hydrogens (tertiary/aromatic N) is 4. The van der Waals surface area contributed by atoms with Crippen LogP contribution in [0.15, 0.2) is 66.7 Å². The van der Waals surface area contributed by atoms with Crippen LogP contribution in [-0.4, -0.2) is 43.5 Å². The van der Waals surface area contributed by atoms with E-state index in [-0.39, 0.29) is 17.9 Å². The number of aliphatic hydroxyl groups excluding tert-OH is 1. The third-order valence-corrected chi connectivity index (χ3v) is 7.23. The molecule has 2 heterocycles. The largest absolute Gasteiger partial charge is 0.373 e. The zero-order chi connectivity index (χ0) is 29.0. The molecule has 0 fully saturated rings. The van der Waals surface area contributed by atoms with Gasteiger partial charge in [-0.2, -0.15) is 5.10 Å². The number of amides is 2.